The topological polar surface area (TPSA) is 69.6 Å². The van der Waals surface area contributed by atoms with Gasteiger partial charge in [-0.1, -0.05) is 6.92 Å². The minimum absolute atomic E-state index is 0.418. The van der Waals surface area contributed by atoms with E-state index in [4.69, 9.17) is 5.73 Å². The fourth-order valence-corrected chi connectivity index (χ4v) is 2.97. The lowest BCUT2D eigenvalue weighted by atomic mass is 10.1. The monoisotopic (exact) mass is 257 g/mol. The quantitative estimate of drug-likeness (QED) is 0.839. The van der Waals surface area contributed by atoms with Gasteiger partial charge in [-0.15, -0.1) is 5.10 Å². The van der Waals surface area contributed by atoms with Crippen LogP contribution in [0.4, 0.5) is 5.69 Å². The number of nitrogens with zero attached hydrogens (tertiary/aromatic N) is 4. The molecule has 1 aromatic heterocycles. The van der Waals surface area contributed by atoms with Crippen molar-refractivity contribution in [1.29, 1.82) is 0 Å². The zero-order valence-corrected chi connectivity index (χ0v) is 11.4. The maximum absolute atomic E-state index is 5.91. The zero-order valence-electron chi connectivity index (χ0n) is 11.4. The van der Waals surface area contributed by atoms with E-state index in [1.807, 2.05) is 23.7 Å². The van der Waals surface area contributed by atoms with Crippen molar-refractivity contribution in [1.82, 2.24) is 20.2 Å². The number of aryl methyl sites for hydroxylation is 1. The number of hydrogen-bond donors (Lipinski definition) is 1. The Balaban J connectivity index is 1.99. The molecule has 1 saturated carbocycles. The molecule has 1 aromatic carbocycles. The summed E-state index contributed by atoms with van der Waals surface area (Å²) in [5.41, 5.74) is 8.80. The molecular weight excluding hydrogens is 238 g/mol. The third-order valence-electron chi connectivity index (χ3n) is 3.86. The Morgan fingerprint density at radius 1 is 1.26 bits per heavy atom. The highest BCUT2D eigenvalue weighted by molar-refractivity contribution is 5.62. The average molecular weight is 257 g/mol. The second kappa shape index (κ2) is 4.64. The molecule has 0 amide bonds. The summed E-state index contributed by atoms with van der Waals surface area (Å²) < 4.78 is 1.97. The summed E-state index contributed by atoms with van der Waals surface area (Å²) in [6.45, 7) is 4.32. The van der Waals surface area contributed by atoms with Crippen LogP contribution >= 0.6 is 0 Å². The first-order valence-corrected chi connectivity index (χ1v) is 6.79. The molecule has 1 aliphatic rings. The van der Waals surface area contributed by atoms with Crippen LogP contribution in [0.5, 0.6) is 0 Å². The van der Waals surface area contributed by atoms with E-state index in [1.54, 1.807) is 0 Å². The predicted octanol–water partition coefficient (Wildman–Crippen LogP) is 2.59. The molecule has 100 valence electrons. The van der Waals surface area contributed by atoms with Gasteiger partial charge in [0.05, 0.1) is 6.04 Å². The number of tetrazole rings is 1. The Morgan fingerprint density at radius 3 is 2.79 bits per heavy atom. The van der Waals surface area contributed by atoms with E-state index in [1.165, 1.54) is 6.42 Å². The van der Waals surface area contributed by atoms with Crippen molar-refractivity contribution in [2.45, 2.75) is 39.2 Å². The maximum atomic E-state index is 5.91. The molecule has 3 rings (SSSR count). The highest BCUT2D eigenvalue weighted by Gasteiger charge is 2.26. The molecule has 0 saturated heterocycles. The molecule has 0 spiro atoms. The molecule has 5 heteroatoms. The van der Waals surface area contributed by atoms with E-state index in [0.717, 1.165) is 41.4 Å². The van der Waals surface area contributed by atoms with Gasteiger partial charge >= 0.3 is 0 Å². The van der Waals surface area contributed by atoms with E-state index in [2.05, 4.69) is 28.5 Å². The van der Waals surface area contributed by atoms with Crippen LogP contribution in [0.3, 0.4) is 0 Å². The molecule has 1 heterocycles. The van der Waals surface area contributed by atoms with Crippen molar-refractivity contribution in [3.63, 3.8) is 0 Å². The molecule has 2 atom stereocenters. The van der Waals surface area contributed by atoms with Crippen LogP contribution in [0.2, 0.25) is 0 Å². The van der Waals surface area contributed by atoms with E-state index in [-0.39, 0.29) is 0 Å². The molecule has 0 aliphatic heterocycles. The van der Waals surface area contributed by atoms with Crippen molar-refractivity contribution in [3.8, 4) is 11.4 Å². The lowest BCUT2D eigenvalue weighted by Crippen LogP contribution is -2.09. The summed E-state index contributed by atoms with van der Waals surface area (Å²) in [5, 5.41) is 12.2. The van der Waals surface area contributed by atoms with Crippen molar-refractivity contribution < 1.29 is 0 Å². The Hall–Kier alpha value is -1.91. The average Bonchev–Trinajstić information content (AvgIpc) is 2.95. The number of nitrogens with two attached hydrogens (primary N) is 1. The Kier molecular flexibility index (Phi) is 2.97. The van der Waals surface area contributed by atoms with Crippen LogP contribution < -0.4 is 5.73 Å². The van der Waals surface area contributed by atoms with Crippen LogP contribution in [0.15, 0.2) is 18.2 Å². The molecule has 1 aliphatic carbocycles. The van der Waals surface area contributed by atoms with Gasteiger partial charge in [0, 0.05) is 11.3 Å². The van der Waals surface area contributed by atoms with Crippen molar-refractivity contribution in [2.24, 2.45) is 5.92 Å². The second-order valence-corrected chi connectivity index (χ2v) is 5.65. The summed E-state index contributed by atoms with van der Waals surface area (Å²) in [7, 11) is 0. The number of hydrogen-bond acceptors (Lipinski definition) is 4. The van der Waals surface area contributed by atoms with Gasteiger partial charge in [-0.2, -0.15) is 0 Å². The fourth-order valence-electron chi connectivity index (χ4n) is 2.97. The van der Waals surface area contributed by atoms with Crippen LogP contribution in [-0.2, 0) is 0 Å². The molecule has 0 bridgehead atoms. The molecule has 2 aromatic rings. The lowest BCUT2D eigenvalue weighted by molar-refractivity contribution is 0.443. The largest absolute Gasteiger partial charge is 0.399 e. The second-order valence-electron chi connectivity index (χ2n) is 5.65. The zero-order chi connectivity index (χ0) is 13.4. The Morgan fingerprint density at radius 2 is 2.11 bits per heavy atom. The van der Waals surface area contributed by atoms with Crippen LogP contribution in [0, 0.1) is 12.8 Å². The van der Waals surface area contributed by atoms with Crippen molar-refractivity contribution in [2.75, 3.05) is 5.73 Å². The number of nitrogen functional groups attached to an aromatic ring is 1. The first kappa shape index (κ1) is 12.1. The number of benzene rings is 1. The summed E-state index contributed by atoms with van der Waals surface area (Å²) in [4.78, 5) is 0. The maximum Gasteiger partial charge on any atom is 0.182 e. The van der Waals surface area contributed by atoms with Crippen molar-refractivity contribution in [3.05, 3.63) is 23.8 Å². The molecule has 0 radical (unpaired) electrons. The van der Waals surface area contributed by atoms with Crippen LogP contribution in [0.1, 0.15) is 37.8 Å². The lowest BCUT2D eigenvalue weighted by Gasteiger charge is -2.12. The third-order valence-corrected chi connectivity index (χ3v) is 3.86. The standard InChI is InChI=1S/C14H19N5/c1-9-3-4-13(7-9)19-14(16-17-18-19)11-5-10(2)6-12(15)8-11/h5-6,8-9,13H,3-4,7,15H2,1-2H3. The number of rotatable bonds is 2. The fraction of sp³-hybridized carbons (Fsp3) is 0.500. The molecular formula is C14H19N5. The number of anilines is 1. The molecule has 5 nitrogen and oxygen atoms in total. The van der Waals surface area contributed by atoms with Gasteiger partial charge < -0.3 is 5.73 Å². The highest BCUT2D eigenvalue weighted by Crippen LogP contribution is 2.35. The Bertz CT molecular complexity index is 569. The van der Waals surface area contributed by atoms with E-state index < -0.39 is 0 Å². The number of aromatic nitrogens is 4. The molecule has 2 unspecified atom stereocenters. The van der Waals surface area contributed by atoms with Crippen molar-refractivity contribution >= 4 is 5.69 Å². The summed E-state index contributed by atoms with van der Waals surface area (Å²) in [6, 6.07) is 6.39. The SMILES string of the molecule is Cc1cc(N)cc(-c2nnnn2C2CCC(C)C2)c1. The summed E-state index contributed by atoms with van der Waals surface area (Å²) >= 11 is 0. The first-order valence-electron chi connectivity index (χ1n) is 6.79. The first-order chi connectivity index (χ1) is 9.13. The summed E-state index contributed by atoms with van der Waals surface area (Å²) in [5.74, 6) is 1.58. The van der Waals surface area contributed by atoms with Gasteiger partial charge in [0.2, 0.25) is 0 Å². The minimum Gasteiger partial charge on any atom is -0.399 e. The minimum atomic E-state index is 0.418. The Labute approximate surface area is 112 Å². The van der Waals surface area contributed by atoms with Gasteiger partial charge in [-0.05, 0) is 66.3 Å². The molecule has 1 fully saturated rings. The van der Waals surface area contributed by atoms with Gasteiger partial charge in [0.15, 0.2) is 5.82 Å². The normalized spacial score (nSPS) is 22.8. The van der Waals surface area contributed by atoms with Crippen LogP contribution in [0.25, 0.3) is 11.4 Å². The van der Waals surface area contributed by atoms with Gasteiger partial charge in [-0.25, -0.2) is 4.68 Å². The van der Waals surface area contributed by atoms with Gasteiger partial charge in [0.25, 0.3) is 0 Å². The molecule has 2 N–H and O–H groups in total. The van der Waals surface area contributed by atoms with Crippen LogP contribution in [-0.4, -0.2) is 20.2 Å². The highest BCUT2D eigenvalue weighted by atomic mass is 15.5. The predicted molar refractivity (Wildman–Crippen MR) is 74.5 cm³/mol. The van der Waals surface area contributed by atoms with Gasteiger partial charge in [-0.3, -0.25) is 0 Å². The van der Waals surface area contributed by atoms with E-state index >= 15 is 0 Å². The molecule has 19 heavy (non-hydrogen) atoms. The van der Waals surface area contributed by atoms with E-state index in [0.29, 0.717) is 6.04 Å². The van der Waals surface area contributed by atoms with Gasteiger partial charge in [0.1, 0.15) is 0 Å². The van der Waals surface area contributed by atoms with E-state index in [9.17, 15) is 0 Å². The third kappa shape index (κ3) is 2.32. The smallest absolute Gasteiger partial charge is 0.182 e. The summed E-state index contributed by atoms with van der Waals surface area (Å²) in [6.07, 6.45) is 3.56.